The van der Waals surface area contributed by atoms with E-state index in [2.05, 4.69) is 59.4 Å². The van der Waals surface area contributed by atoms with Crippen LogP contribution in [0.25, 0.3) is 0 Å². The number of likely N-dealkylation sites (tertiary alicyclic amines) is 1. The minimum Gasteiger partial charge on any atom is -0.339 e. The number of carbonyl (C=O) groups is 1. The number of hydrogen-bond donors (Lipinski definition) is 1. The van der Waals surface area contributed by atoms with Gasteiger partial charge in [0, 0.05) is 49.1 Å². The highest BCUT2D eigenvalue weighted by atomic mass is 32.1. The van der Waals surface area contributed by atoms with E-state index in [1.165, 1.54) is 48.2 Å². The Bertz CT molecular complexity index is 1050. The molecule has 4 aliphatic rings. The summed E-state index contributed by atoms with van der Waals surface area (Å²) in [6, 6.07) is 11.4. The van der Waals surface area contributed by atoms with Crippen molar-refractivity contribution in [1.82, 2.24) is 20.1 Å². The van der Waals surface area contributed by atoms with Crippen molar-refractivity contribution in [3.63, 3.8) is 0 Å². The van der Waals surface area contributed by atoms with Gasteiger partial charge >= 0.3 is 0 Å². The van der Waals surface area contributed by atoms with Crippen LogP contribution in [0.15, 0.2) is 30.3 Å². The zero-order valence-corrected chi connectivity index (χ0v) is 22.2. The third-order valence-electron chi connectivity index (χ3n) is 9.38. The van der Waals surface area contributed by atoms with Crippen molar-refractivity contribution in [3.05, 3.63) is 51.5 Å². The molecule has 6 rings (SSSR count). The van der Waals surface area contributed by atoms with E-state index in [4.69, 9.17) is 4.98 Å². The smallest absolute Gasteiger partial charge is 0.228 e. The molecular weight excluding hydrogens is 452 g/mol. The molecule has 1 saturated carbocycles. The predicted molar refractivity (Wildman–Crippen MR) is 142 cm³/mol. The van der Waals surface area contributed by atoms with Crippen LogP contribution in [0.4, 0.5) is 0 Å². The Hall–Kier alpha value is -1.76. The fourth-order valence-electron chi connectivity index (χ4n) is 7.78. The van der Waals surface area contributed by atoms with Crippen LogP contribution in [0.5, 0.6) is 0 Å². The molecule has 1 aromatic heterocycles. The molecule has 2 aromatic rings. The Balaban J connectivity index is 1.31. The Morgan fingerprint density at radius 2 is 1.94 bits per heavy atom. The highest BCUT2D eigenvalue weighted by Crippen LogP contribution is 2.47. The van der Waals surface area contributed by atoms with Crippen LogP contribution in [0.1, 0.15) is 72.0 Å². The van der Waals surface area contributed by atoms with Crippen molar-refractivity contribution < 1.29 is 4.79 Å². The average molecular weight is 493 g/mol. The molecule has 4 heterocycles. The van der Waals surface area contributed by atoms with Gasteiger partial charge in [0.1, 0.15) is 0 Å². The van der Waals surface area contributed by atoms with E-state index < -0.39 is 0 Å². The number of aryl methyl sites for hydroxylation is 1. The van der Waals surface area contributed by atoms with Gasteiger partial charge in [-0.05, 0) is 57.1 Å². The highest BCUT2D eigenvalue weighted by Gasteiger charge is 2.54. The normalized spacial score (nSPS) is 32.2. The van der Waals surface area contributed by atoms with Crippen molar-refractivity contribution in [2.45, 2.75) is 75.8 Å². The minimum absolute atomic E-state index is 0.00298. The molecule has 3 aliphatic heterocycles. The maximum Gasteiger partial charge on any atom is 0.228 e. The fourth-order valence-corrected chi connectivity index (χ4v) is 8.94. The molecule has 6 heteroatoms. The van der Waals surface area contributed by atoms with Gasteiger partial charge < -0.3 is 10.2 Å². The number of nitrogens with one attached hydrogen (secondary N) is 1. The number of fused-ring (bicyclic) bond motifs is 2. The molecule has 1 amide bonds. The summed E-state index contributed by atoms with van der Waals surface area (Å²) in [6.07, 6.45) is 8.77. The Labute approximate surface area is 214 Å². The molecule has 35 heavy (non-hydrogen) atoms. The van der Waals surface area contributed by atoms with E-state index in [0.717, 1.165) is 50.6 Å². The molecule has 1 aliphatic carbocycles. The van der Waals surface area contributed by atoms with Gasteiger partial charge in [-0.25, -0.2) is 4.98 Å². The van der Waals surface area contributed by atoms with E-state index in [1.807, 2.05) is 11.3 Å². The summed E-state index contributed by atoms with van der Waals surface area (Å²) in [5.41, 5.74) is 2.52. The van der Waals surface area contributed by atoms with Crippen LogP contribution in [0, 0.1) is 18.8 Å². The summed E-state index contributed by atoms with van der Waals surface area (Å²) in [5, 5.41) is 4.79. The summed E-state index contributed by atoms with van der Waals surface area (Å²) in [5.74, 6) is 1.63. The molecule has 0 bridgehead atoms. The predicted octanol–water partition coefficient (Wildman–Crippen LogP) is 4.71. The number of amides is 1. The molecule has 0 radical (unpaired) electrons. The average Bonchev–Trinajstić information content (AvgIpc) is 3.47. The number of piperidine rings is 1. The third kappa shape index (κ3) is 4.25. The second-order valence-electron chi connectivity index (χ2n) is 11.6. The van der Waals surface area contributed by atoms with E-state index in [0.29, 0.717) is 23.8 Å². The highest BCUT2D eigenvalue weighted by molar-refractivity contribution is 7.11. The molecule has 1 aromatic carbocycles. The van der Waals surface area contributed by atoms with Gasteiger partial charge in [0.2, 0.25) is 5.91 Å². The lowest BCUT2D eigenvalue weighted by Crippen LogP contribution is -2.57. The van der Waals surface area contributed by atoms with Crippen LogP contribution in [-0.2, 0) is 16.8 Å². The lowest BCUT2D eigenvalue weighted by molar-refractivity contribution is -0.143. The van der Waals surface area contributed by atoms with Gasteiger partial charge in [-0.2, -0.15) is 0 Å². The van der Waals surface area contributed by atoms with Crippen molar-refractivity contribution in [3.8, 4) is 0 Å². The maximum absolute atomic E-state index is 14.5. The van der Waals surface area contributed by atoms with Gasteiger partial charge in [-0.15, -0.1) is 11.3 Å². The molecule has 188 valence electrons. The standard InChI is InChI=1S/C29H40N4OS/c1-20-31-25-17-32(2)19-29(27(25)35-20)18-30-16-24(29)28(34)33-14-13-23(21-9-5-3-6-10-21)15-26(33)22-11-7-4-8-12-22/h3,5-6,9-10,22-24,26,30H,4,7-8,11-19H2,1-2H3/t23-,24?,26+,29+/m1/s1. The second kappa shape index (κ2) is 9.60. The molecule has 5 nitrogen and oxygen atoms in total. The number of nitrogens with zero attached hydrogens (tertiary/aromatic N) is 3. The van der Waals surface area contributed by atoms with E-state index in [9.17, 15) is 4.79 Å². The van der Waals surface area contributed by atoms with Crippen molar-refractivity contribution in [2.24, 2.45) is 11.8 Å². The first-order valence-corrected chi connectivity index (χ1v) is 14.6. The molecule has 1 N–H and O–H groups in total. The number of aromatic nitrogens is 1. The number of likely N-dealkylation sites (N-methyl/N-ethyl adjacent to an activating group) is 1. The molecule has 1 unspecified atom stereocenters. The molecule has 3 fully saturated rings. The number of hydrogen-bond acceptors (Lipinski definition) is 5. The maximum atomic E-state index is 14.5. The van der Waals surface area contributed by atoms with E-state index >= 15 is 0 Å². The van der Waals surface area contributed by atoms with Crippen LogP contribution < -0.4 is 5.32 Å². The Kier molecular flexibility index (Phi) is 6.48. The van der Waals surface area contributed by atoms with Crippen LogP contribution in [0.2, 0.25) is 0 Å². The van der Waals surface area contributed by atoms with Crippen LogP contribution >= 0.6 is 11.3 Å². The largest absolute Gasteiger partial charge is 0.339 e. The quantitative estimate of drug-likeness (QED) is 0.674. The van der Waals surface area contributed by atoms with Crippen molar-refractivity contribution in [1.29, 1.82) is 0 Å². The second-order valence-corrected chi connectivity index (χ2v) is 12.9. The van der Waals surface area contributed by atoms with Crippen LogP contribution in [-0.4, -0.2) is 60.0 Å². The van der Waals surface area contributed by atoms with Gasteiger partial charge in [-0.1, -0.05) is 49.6 Å². The lowest BCUT2D eigenvalue weighted by Gasteiger charge is -2.48. The zero-order valence-electron chi connectivity index (χ0n) is 21.3. The zero-order chi connectivity index (χ0) is 24.0. The Morgan fingerprint density at radius 3 is 2.74 bits per heavy atom. The summed E-state index contributed by atoms with van der Waals surface area (Å²) in [6.45, 7) is 6.53. The Morgan fingerprint density at radius 1 is 1.14 bits per heavy atom. The lowest BCUT2D eigenvalue weighted by atomic mass is 9.71. The topological polar surface area (TPSA) is 48.5 Å². The van der Waals surface area contributed by atoms with Gasteiger partial charge in [0.05, 0.1) is 16.6 Å². The van der Waals surface area contributed by atoms with Crippen LogP contribution in [0.3, 0.4) is 0 Å². The van der Waals surface area contributed by atoms with Gasteiger partial charge in [0.25, 0.3) is 0 Å². The third-order valence-corrected chi connectivity index (χ3v) is 10.6. The minimum atomic E-state index is -0.140. The van der Waals surface area contributed by atoms with E-state index in [1.54, 1.807) is 0 Å². The summed E-state index contributed by atoms with van der Waals surface area (Å²) < 4.78 is 0. The number of rotatable bonds is 3. The molecule has 4 atom stereocenters. The fraction of sp³-hybridized carbons (Fsp3) is 0.655. The first-order valence-electron chi connectivity index (χ1n) is 13.8. The van der Waals surface area contributed by atoms with Gasteiger partial charge in [0.15, 0.2) is 0 Å². The number of thiazole rings is 1. The van der Waals surface area contributed by atoms with E-state index in [-0.39, 0.29) is 11.3 Å². The number of benzene rings is 1. The summed E-state index contributed by atoms with van der Waals surface area (Å²) in [4.78, 5) is 25.6. The monoisotopic (exact) mass is 492 g/mol. The summed E-state index contributed by atoms with van der Waals surface area (Å²) >= 11 is 1.83. The first kappa shape index (κ1) is 23.6. The molecule has 1 spiro atoms. The molecular formula is C29H40N4OS. The van der Waals surface area contributed by atoms with Crippen molar-refractivity contribution in [2.75, 3.05) is 33.2 Å². The number of carbonyl (C=O) groups excluding carboxylic acids is 1. The van der Waals surface area contributed by atoms with Crippen molar-refractivity contribution >= 4 is 17.2 Å². The van der Waals surface area contributed by atoms with Gasteiger partial charge in [-0.3, -0.25) is 9.69 Å². The SMILES string of the molecule is Cc1nc2c(s1)[C@@]1(CNCC1C(=O)N1CC[C@@H](c3ccccc3)C[C@H]1C1CCCCC1)CN(C)C2. The summed E-state index contributed by atoms with van der Waals surface area (Å²) in [7, 11) is 2.19. The molecule has 2 saturated heterocycles. The first-order chi connectivity index (χ1) is 17.0.